The summed E-state index contributed by atoms with van der Waals surface area (Å²) >= 11 is 0. The average Bonchev–Trinajstić information content (AvgIpc) is 3.44. The van der Waals surface area contributed by atoms with E-state index in [1.54, 1.807) is 47.3 Å². The molecule has 0 aliphatic heterocycles. The van der Waals surface area contributed by atoms with Crippen molar-refractivity contribution in [3.05, 3.63) is 72.3 Å². The molecule has 0 aliphatic rings. The Bertz CT molecular complexity index is 1250. The maximum atomic E-state index is 12.9. The van der Waals surface area contributed by atoms with Gasteiger partial charge in [0.1, 0.15) is 6.04 Å². The number of pyridine rings is 2. The van der Waals surface area contributed by atoms with Gasteiger partial charge < -0.3 is 19.7 Å². The molecule has 0 aromatic carbocycles. The van der Waals surface area contributed by atoms with Crippen LogP contribution in [0.1, 0.15) is 15.9 Å². The molecule has 0 saturated heterocycles. The topological polar surface area (TPSA) is 141 Å². The Balaban J connectivity index is 0.000000968. The van der Waals surface area contributed by atoms with Crippen LogP contribution in [0.15, 0.2) is 61.2 Å². The van der Waals surface area contributed by atoms with Crippen LogP contribution in [0, 0.1) is 0 Å². The van der Waals surface area contributed by atoms with Crippen molar-refractivity contribution in [2.75, 3.05) is 7.11 Å². The van der Waals surface area contributed by atoms with Gasteiger partial charge in [0.25, 0.3) is 12.4 Å². The van der Waals surface area contributed by atoms with Gasteiger partial charge in [-0.1, -0.05) is 0 Å². The summed E-state index contributed by atoms with van der Waals surface area (Å²) in [6, 6.07) is 9.95. The molecule has 11 heteroatoms. The molecule has 2 N–H and O–H groups in total. The van der Waals surface area contributed by atoms with Crippen molar-refractivity contribution < 1.29 is 24.2 Å². The standard InChI is InChI=1S/C21H20N6O3.CH2O2/c1-26-11-3-4-17(26)19-25-24-18-6-5-15(13-27(18)19)20(28)23-16(21(29)30-2)12-14-7-9-22-10-8-14;2-1-3/h3-11,13,16H,12H2,1-2H3,(H,23,28);1H,(H,2,3)/t16-;/m1./s1. The van der Waals surface area contributed by atoms with Crippen LogP contribution in [0.3, 0.4) is 0 Å². The summed E-state index contributed by atoms with van der Waals surface area (Å²) in [5.41, 5.74) is 2.72. The normalized spacial score (nSPS) is 11.2. The van der Waals surface area contributed by atoms with Crippen molar-refractivity contribution in [3.63, 3.8) is 0 Å². The lowest BCUT2D eigenvalue weighted by molar-refractivity contribution is -0.142. The Kier molecular flexibility index (Phi) is 7.47. The zero-order chi connectivity index (χ0) is 23.8. The van der Waals surface area contributed by atoms with Crippen LogP contribution in [0.4, 0.5) is 0 Å². The van der Waals surface area contributed by atoms with Gasteiger partial charge in [-0.3, -0.25) is 19.0 Å². The average molecular weight is 450 g/mol. The minimum Gasteiger partial charge on any atom is -0.483 e. The van der Waals surface area contributed by atoms with Crippen molar-refractivity contribution in [2.45, 2.75) is 12.5 Å². The van der Waals surface area contributed by atoms with Crippen molar-refractivity contribution in [2.24, 2.45) is 7.05 Å². The fourth-order valence-corrected chi connectivity index (χ4v) is 3.22. The maximum Gasteiger partial charge on any atom is 0.328 e. The molecule has 4 aromatic rings. The number of carbonyl (C=O) groups is 3. The Labute approximate surface area is 188 Å². The quantitative estimate of drug-likeness (QED) is 0.331. The third kappa shape index (κ3) is 5.39. The number of esters is 1. The van der Waals surface area contributed by atoms with Gasteiger partial charge in [0.2, 0.25) is 0 Å². The number of fused-ring (bicyclic) bond motifs is 1. The smallest absolute Gasteiger partial charge is 0.328 e. The highest BCUT2D eigenvalue weighted by molar-refractivity contribution is 5.97. The first-order valence-corrected chi connectivity index (χ1v) is 9.80. The highest BCUT2D eigenvalue weighted by Crippen LogP contribution is 2.19. The minimum absolute atomic E-state index is 0.250. The number of rotatable bonds is 6. The van der Waals surface area contributed by atoms with Gasteiger partial charge in [0, 0.05) is 38.3 Å². The van der Waals surface area contributed by atoms with Gasteiger partial charge >= 0.3 is 5.97 Å². The number of carboxylic acid groups (broad SMARTS) is 1. The molecule has 0 bridgehead atoms. The Morgan fingerprint density at radius 3 is 2.55 bits per heavy atom. The summed E-state index contributed by atoms with van der Waals surface area (Å²) in [5.74, 6) is -0.295. The zero-order valence-corrected chi connectivity index (χ0v) is 18.0. The fraction of sp³-hybridized carbons (Fsp3) is 0.182. The number of nitrogens with zero attached hydrogens (tertiary/aromatic N) is 5. The molecule has 0 radical (unpaired) electrons. The summed E-state index contributed by atoms with van der Waals surface area (Å²) in [4.78, 5) is 37.5. The second-order valence-electron chi connectivity index (χ2n) is 6.89. The Morgan fingerprint density at radius 1 is 1.18 bits per heavy atom. The highest BCUT2D eigenvalue weighted by atomic mass is 16.5. The number of nitrogens with one attached hydrogen (secondary N) is 1. The van der Waals surface area contributed by atoms with Gasteiger partial charge in [-0.2, -0.15) is 0 Å². The molecule has 4 heterocycles. The van der Waals surface area contributed by atoms with Gasteiger partial charge in [-0.25, -0.2) is 4.79 Å². The van der Waals surface area contributed by atoms with E-state index >= 15 is 0 Å². The number of carbonyl (C=O) groups excluding carboxylic acids is 2. The molecule has 1 amide bonds. The van der Waals surface area contributed by atoms with Gasteiger partial charge in [0.15, 0.2) is 11.5 Å². The minimum atomic E-state index is -0.825. The summed E-state index contributed by atoms with van der Waals surface area (Å²) in [6.45, 7) is -0.250. The lowest BCUT2D eigenvalue weighted by Gasteiger charge is -2.16. The summed E-state index contributed by atoms with van der Waals surface area (Å²) in [5, 5.41) is 18.1. The van der Waals surface area contributed by atoms with E-state index in [0.29, 0.717) is 23.5 Å². The largest absolute Gasteiger partial charge is 0.483 e. The van der Waals surface area contributed by atoms with Crippen LogP contribution in [0.5, 0.6) is 0 Å². The monoisotopic (exact) mass is 450 g/mol. The van der Waals surface area contributed by atoms with Crippen molar-refractivity contribution in [3.8, 4) is 11.5 Å². The maximum absolute atomic E-state index is 12.9. The van der Waals surface area contributed by atoms with E-state index in [0.717, 1.165) is 11.3 Å². The molecule has 1 atom stereocenters. The first-order valence-electron chi connectivity index (χ1n) is 9.80. The molecule has 33 heavy (non-hydrogen) atoms. The summed E-state index contributed by atoms with van der Waals surface area (Å²) in [7, 11) is 3.20. The zero-order valence-electron chi connectivity index (χ0n) is 18.0. The van der Waals surface area contributed by atoms with Gasteiger partial charge in [-0.05, 0) is 42.0 Å². The number of aromatic nitrogens is 5. The fourth-order valence-electron chi connectivity index (χ4n) is 3.22. The lowest BCUT2D eigenvalue weighted by atomic mass is 10.1. The third-order valence-corrected chi connectivity index (χ3v) is 4.82. The van der Waals surface area contributed by atoms with E-state index in [4.69, 9.17) is 14.6 Å². The van der Waals surface area contributed by atoms with Gasteiger partial charge in [-0.15, -0.1) is 10.2 Å². The second-order valence-corrected chi connectivity index (χ2v) is 6.89. The molecule has 0 fully saturated rings. The molecule has 170 valence electrons. The van der Waals surface area contributed by atoms with E-state index in [-0.39, 0.29) is 6.47 Å². The molecular weight excluding hydrogens is 428 g/mol. The highest BCUT2D eigenvalue weighted by Gasteiger charge is 2.23. The van der Waals surface area contributed by atoms with Crippen LogP contribution in [0.25, 0.3) is 17.2 Å². The van der Waals surface area contributed by atoms with E-state index in [1.165, 1.54) is 7.11 Å². The van der Waals surface area contributed by atoms with Crippen molar-refractivity contribution in [1.29, 1.82) is 0 Å². The van der Waals surface area contributed by atoms with E-state index in [1.807, 2.05) is 29.9 Å². The van der Waals surface area contributed by atoms with E-state index < -0.39 is 17.9 Å². The van der Waals surface area contributed by atoms with Gasteiger partial charge in [0.05, 0.1) is 18.4 Å². The van der Waals surface area contributed by atoms with Crippen LogP contribution in [-0.4, -0.2) is 60.8 Å². The van der Waals surface area contributed by atoms with Crippen molar-refractivity contribution in [1.82, 2.24) is 29.5 Å². The third-order valence-electron chi connectivity index (χ3n) is 4.82. The SMILES string of the molecule is COC(=O)[C@@H](Cc1ccncc1)NC(=O)c1ccc2nnc(-c3cccn3C)n2c1.O=CO. The van der Waals surface area contributed by atoms with Crippen LogP contribution in [-0.2, 0) is 27.8 Å². The predicted octanol–water partition coefficient (Wildman–Crippen LogP) is 1.34. The number of methoxy groups -OCH3 is 1. The predicted molar refractivity (Wildman–Crippen MR) is 117 cm³/mol. The number of hydrogen-bond acceptors (Lipinski definition) is 7. The molecule has 0 saturated carbocycles. The molecule has 0 aliphatic carbocycles. The first-order chi connectivity index (χ1) is 16.0. The Hall–Kier alpha value is -4.54. The molecule has 0 spiro atoms. The van der Waals surface area contributed by atoms with E-state index in [9.17, 15) is 9.59 Å². The molecule has 4 rings (SSSR count). The molecule has 0 unspecified atom stereocenters. The lowest BCUT2D eigenvalue weighted by Crippen LogP contribution is -2.43. The summed E-state index contributed by atoms with van der Waals surface area (Å²) < 4.78 is 8.54. The van der Waals surface area contributed by atoms with Crippen molar-refractivity contribution >= 4 is 24.0 Å². The number of aryl methyl sites for hydroxylation is 1. The van der Waals surface area contributed by atoms with Crippen LogP contribution < -0.4 is 5.32 Å². The molecular formula is C22H22N6O5. The van der Waals surface area contributed by atoms with Crippen LogP contribution >= 0.6 is 0 Å². The number of amides is 1. The summed E-state index contributed by atoms with van der Waals surface area (Å²) in [6.07, 6.45) is 7.14. The van der Waals surface area contributed by atoms with E-state index in [2.05, 4.69) is 20.5 Å². The number of hydrogen-bond donors (Lipinski definition) is 2. The second kappa shape index (κ2) is 10.7. The number of ether oxygens (including phenoxy) is 1. The molecule has 11 nitrogen and oxygen atoms in total. The van der Waals surface area contributed by atoms with Crippen LogP contribution in [0.2, 0.25) is 0 Å². The molecule has 4 aromatic heterocycles. The first kappa shape index (κ1) is 23.1. The Morgan fingerprint density at radius 2 is 1.91 bits per heavy atom.